The highest BCUT2D eigenvalue weighted by Crippen LogP contribution is 2.54. The van der Waals surface area contributed by atoms with Gasteiger partial charge in [0.25, 0.3) is 0 Å². The first kappa shape index (κ1) is 17.4. The number of fused-ring (bicyclic) bond motifs is 3. The van der Waals surface area contributed by atoms with Crippen LogP contribution < -0.4 is 0 Å². The summed E-state index contributed by atoms with van der Waals surface area (Å²) < 4.78 is 0. The normalized spacial score (nSPS) is 13.6. The van der Waals surface area contributed by atoms with Crippen LogP contribution in [0, 0.1) is 24.7 Å². The zero-order valence-corrected chi connectivity index (χ0v) is 15.4. The molecule has 25 heavy (non-hydrogen) atoms. The fourth-order valence-electron chi connectivity index (χ4n) is 4.30. The Labute approximate surface area is 152 Å². The molecule has 0 radical (unpaired) electrons. The molecule has 0 saturated carbocycles. The summed E-state index contributed by atoms with van der Waals surface area (Å²) in [6.07, 6.45) is 18.5. The molecular formula is C25H26. The van der Waals surface area contributed by atoms with Gasteiger partial charge in [-0.15, -0.1) is 12.8 Å². The van der Waals surface area contributed by atoms with E-state index in [2.05, 4.69) is 62.1 Å². The molecule has 2 aromatic carbocycles. The Hall–Kier alpha value is -2.44. The Morgan fingerprint density at radius 2 is 1.20 bits per heavy atom. The van der Waals surface area contributed by atoms with Gasteiger partial charge in [0.2, 0.25) is 0 Å². The molecule has 0 fully saturated rings. The quantitative estimate of drug-likeness (QED) is 0.547. The predicted molar refractivity (Wildman–Crippen MR) is 108 cm³/mol. The Morgan fingerprint density at radius 1 is 0.760 bits per heavy atom. The maximum atomic E-state index is 5.71. The minimum atomic E-state index is 0.0520. The average Bonchev–Trinajstić information content (AvgIpc) is 2.93. The average molecular weight is 326 g/mol. The number of terminal acetylenes is 2. The zero-order chi connectivity index (χ0) is 17.9. The second kappa shape index (κ2) is 7.21. The van der Waals surface area contributed by atoms with Crippen LogP contribution in [0.1, 0.15) is 74.6 Å². The van der Waals surface area contributed by atoms with Gasteiger partial charge < -0.3 is 0 Å². The van der Waals surface area contributed by atoms with E-state index in [1.807, 2.05) is 0 Å². The van der Waals surface area contributed by atoms with Crippen molar-refractivity contribution in [3.63, 3.8) is 0 Å². The molecule has 0 unspecified atom stereocenters. The van der Waals surface area contributed by atoms with E-state index in [4.69, 9.17) is 12.8 Å². The molecule has 0 N–H and O–H groups in total. The lowest BCUT2D eigenvalue weighted by Gasteiger charge is -2.33. The summed E-state index contributed by atoms with van der Waals surface area (Å²) in [7, 11) is 0. The molecular weight excluding hydrogens is 300 g/mol. The van der Waals surface area contributed by atoms with Crippen LogP contribution in [0.3, 0.4) is 0 Å². The molecule has 0 saturated heterocycles. The third-order valence-corrected chi connectivity index (χ3v) is 5.61. The SMILES string of the molecule is C#Cc1ccc2c(c1)C(CCCC)(CCCC)c1cc(C#C)ccc1-2. The first-order valence-electron chi connectivity index (χ1n) is 9.42. The van der Waals surface area contributed by atoms with Crippen LogP contribution in [0.15, 0.2) is 36.4 Å². The van der Waals surface area contributed by atoms with Crippen molar-refractivity contribution in [1.82, 2.24) is 0 Å². The summed E-state index contributed by atoms with van der Waals surface area (Å²) in [5.41, 5.74) is 7.50. The van der Waals surface area contributed by atoms with E-state index >= 15 is 0 Å². The molecule has 0 heteroatoms. The van der Waals surface area contributed by atoms with Gasteiger partial charge in [-0.3, -0.25) is 0 Å². The van der Waals surface area contributed by atoms with E-state index < -0.39 is 0 Å². The summed E-state index contributed by atoms with van der Waals surface area (Å²) in [4.78, 5) is 0. The van der Waals surface area contributed by atoms with Crippen molar-refractivity contribution in [3.8, 4) is 35.8 Å². The van der Waals surface area contributed by atoms with Crippen LogP contribution >= 0.6 is 0 Å². The standard InChI is InChI=1S/C25H26/c1-5-9-15-25(16-10-6-2)23-17-19(7-3)11-13-21(23)22-14-12-20(8-4)18-24(22)25/h3-4,11-14,17-18H,5-6,9-10,15-16H2,1-2H3. The van der Waals surface area contributed by atoms with Gasteiger partial charge in [0.1, 0.15) is 0 Å². The van der Waals surface area contributed by atoms with Gasteiger partial charge in [-0.1, -0.05) is 63.5 Å². The van der Waals surface area contributed by atoms with Crippen molar-refractivity contribution in [2.45, 2.75) is 57.8 Å². The molecule has 1 aliphatic rings. The summed E-state index contributed by atoms with van der Waals surface area (Å²) in [6, 6.07) is 13.0. The van der Waals surface area contributed by atoms with Gasteiger partial charge in [-0.25, -0.2) is 0 Å². The van der Waals surface area contributed by atoms with E-state index in [-0.39, 0.29) is 5.41 Å². The summed E-state index contributed by atoms with van der Waals surface area (Å²) >= 11 is 0. The van der Waals surface area contributed by atoms with Crippen molar-refractivity contribution in [1.29, 1.82) is 0 Å². The zero-order valence-electron chi connectivity index (χ0n) is 15.4. The first-order chi connectivity index (χ1) is 12.2. The first-order valence-corrected chi connectivity index (χ1v) is 9.42. The summed E-state index contributed by atoms with van der Waals surface area (Å²) in [5, 5.41) is 0. The third-order valence-electron chi connectivity index (χ3n) is 5.61. The van der Waals surface area contributed by atoms with Crippen LogP contribution in [-0.4, -0.2) is 0 Å². The molecule has 1 aliphatic carbocycles. The van der Waals surface area contributed by atoms with Crippen LogP contribution in [0.4, 0.5) is 0 Å². The molecule has 126 valence electrons. The van der Waals surface area contributed by atoms with Gasteiger partial charge in [0.15, 0.2) is 0 Å². The summed E-state index contributed by atoms with van der Waals surface area (Å²) in [5.74, 6) is 5.65. The van der Waals surface area contributed by atoms with Crippen molar-refractivity contribution < 1.29 is 0 Å². The maximum absolute atomic E-state index is 5.71. The Balaban J connectivity index is 2.27. The molecule has 0 spiro atoms. The maximum Gasteiger partial charge on any atom is 0.0246 e. The van der Waals surface area contributed by atoms with Crippen LogP contribution in [0.2, 0.25) is 0 Å². The molecule has 0 heterocycles. The lowest BCUT2D eigenvalue weighted by molar-refractivity contribution is 0.414. The number of hydrogen-bond donors (Lipinski definition) is 0. The van der Waals surface area contributed by atoms with Gasteiger partial charge in [0, 0.05) is 16.5 Å². The number of unbranched alkanes of at least 4 members (excludes halogenated alkanes) is 2. The van der Waals surface area contributed by atoms with E-state index in [0.717, 1.165) is 24.0 Å². The van der Waals surface area contributed by atoms with Crippen LogP contribution in [0.25, 0.3) is 11.1 Å². The van der Waals surface area contributed by atoms with Crippen molar-refractivity contribution >= 4 is 0 Å². The second-order valence-electron chi connectivity index (χ2n) is 7.10. The topological polar surface area (TPSA) is 0 Å². The largest absolute Gasteiger partial charge is 0.115 e. The van der Waals surface area contributed by atoms with E-state index in [0.29, 0.717) is 0 Å². The summed E-state index contributed by atoms with van der Waals surface area (Å²) in [6.45, 7) is 4.53. The molecule has 0 nitrogen and oxygen atoms in total. The van der Waals surface area contributed by atoms with Gasteiger partial charge in [-0.05, 0) is 59.4 Å². The van der Waals surface area contributed by atoms with Gasteiger partial charge >= 0.3 is 0 Å². The minimum absolute atomic E-state index is 0.0520. The Bertz CT molecular complexity index is 781. The molecule has 0 bridgehead atoms. The molecule has 0 aromatic heterocycles. The van der Waals surface area contributed by atoms with Gasteiger partial charge in [-0.2, -0.15) is 0 Å². The molecule has 3 rings (SSSR count). The molecule has 0 atom stereocenters. The van der Waals surface area contributed by atoms with Crippen molar-refractivity contribution in [3.05, 3.63) is 58.7 Å². The number of rotatable bonds is 6. The third kappa shape index (κ3) is 2.88. The van der Waals surface area contributed by atoms with E-state index in [1.54, 1.807) is 0 Å². The predicted octanol–water partition coefficient (Wildman–Crippen LogP) is 6.30. The van der Waals surface area contributed by atoms with Crippen LogP contribution in [-0.2, 0) is 5.41 Å². The smallest absolute Gasteiger partial charge is 0.0246 e. The van der Waals surface area contributed by atoms with E-state index in [9.17, 15) is 0 Å². The lowest BCUT2D eigenvalue weighted by Crippen LogP contribution is -2.25. The Kier molecular flexibility index (Phi) is 5.01. The Morgan fingerprint density at radius 3 is 1.56 bits per heavy atom. The van der Waals surface area contributed by atoms with Crippen molar-refractivity contribution in [2.24, 2.45) is 0 Å². The highest BCUT2D eigenvalue weighted by atomic mass is 14.4. The minimum Gasteiger partial charge on any atom is -0.115 e. The molecule has 0 aliphatic heterocycles. The molecule has 2 aromatic rings. The highest BCUT2D eigenvalue weighted by molar-refractivity contribution is 5.82. The fourth-order valence-corrected chi connectivity index (χ4v) is 4.30. The van der Waals surface area contributed by atoms with E-state index in [1.165, 1.54) is 47.9 Å². The highest BCUT2D eigenvalue weighted by Gasteiger charge is 2.42. The molecule has 0 amide bonds. The van der Waals surface area contributed by atoms with Gasteiger partial charge in [0.05, 0.1) is 0 Å². The fraction of sp³-hybridized carbons (Fsp3) is 0.360. The monoisotopic (exact) mass is 326 g/mol. The number of benzene rings is 2. The number of hydrogen-bond acceptors (Lipinski definition) is 0. The van der Waals surface area contributed by atoms with Crippen molar-refractivity contribution in [2.75, 3.05) is 0 Å². The second-order valence-corrected chi connectivity index (χ2v) is 7.10. The van der Waals surface area contributed by atoms with Crippen LogP contribution in [0.5, 0.6) is 0 Å². The lowest BCUT2D eigenvalue weighted by atomic mass is 9.70.